The average molecular weight is 344 g/mol. The monoisotopic (exact) mass is 343 g/mol. The molecule has 0 saturated carbocycles. The van der Waals surface area contributed by atoms with Crippen molar-refractivity contribution in [1.29, 1.82) is 0 Å². The Labute approximate surface area is 143 Å². The fourth-order valence-corrected chi connectivity index (χ4v) is 1.80. The number of amides is 2. The van der Waals surface area contributed by atoms with Gasteiger partial charge in [0.2, 0.25) is 11.8 Å². The molecule has 0 aliphatic carbocycles. The standard InChI is InChI=1S/C16H25N3O3.ClH/c1-4-11(3)15(17)16(21)18-10-14(20)19-12-6-8-13(9-7-12)22-5-2;/h6-9,11,15H,4-5,10,17H2,1-3H3,(H,18,21)(H,19,20);1H. The van der Waals surface area contributed by atoms with Crippen LogP contribution in [0.4, 0.5) is 5.69 Å². The summed E-state index contributed by atoms with van der Waals surface area (Å²) < 4.78 is 5.32. The molecule has 0 aliphatic heterocycles. The lowest BCUT2D eigenvalue weighted by atomic mass is 9.99. The molecular weight excluding hydrogens is 318 g/mol. The maximum atomic E-state index is 11.8. The lowest BCUT2D eigenvalue weighted by Crippen LogP contribution is -2.46. The van der Waals surface area contributed by atoms with Crippen molar-refractivity contribution >= 4 is 29.9 Å². The van der Waals surface area contributed by atoms with E-state index < -0.39 is 6.04 Å². The molecule has 0 heterocycles. The quantitative estimate of drug-likeness (QED) is 0.672. The number of rotatable bonds is 8. The van der Waals surface area contributed by atoms with Gasteiger partial charge in [-0.05, 0) is 37.1 Å². The van der Waals surface area contributed by atoms with Gasteiger partial charge in [-0.15, -0.1) is 12.4 Å². The smallest absolute Gasteiger partial charge is 0.243 e. The van der Waals surface area contributed by atoms with Crippen LogP contribution in [0.1, 0.15) is 27.2 Å². The highest BCUT2D eigenvalue weighted by Crippen LogP contribution is 2.15. The first-order valence-electron chi connectivity index (χ1n) is 7.53. The van der Waals surface area contributed by atoms with Crippen molar-refractivity contribution in [1.82, 2.24) is 5.32 Å². The van der Waals surface area contributed by atoms with Gasteiger partial charge < -0.3 is 21.1 Å². The van der Waals surface area contributed by atoms with Gasteiger partial charge in [0.05, 0.1) is 19.2 Å². The molecule has 1 aromatic rings. The summed E-state index contributed by atoms with van der Waals surface area (Å²) in [7, 11) is 0. The minimum Gasteiger partial charge on any atom is -0.494 e. The maximum Gasteiger partial charge on any atom is 0.243 e. The van der Waals surface area contributed by atoms with Crippen molar-refractivity contribution in [3.8, 4) is 5.75 Å². The van der Waals surface area contributed by atoms with E-state index in [2.05, 4.69) is 10.6 Å². The van der Waals surface area contributed by atoms with Gasteiger partial charge in [0.25, 0.3) is 0 Å². The predicted molar refractivity (Wildman–Crippen MR) is 93.9 cm³/mol. The minimum atomic E-state index is -0.594. The lowest BCUT2D eigenvalue weighted by Gasteiger charge is -2.17. The molecule has 130 valence electrons. The number of ether oxygens (including phenoxy) is 1. The molecule has 2 amide bonds. The molecule has 0 aromatic heterocycles. The molecule has 0 spiro atoms. The van der Waals surface area contributed by atoms with E-state index in [1.807, 2.05) is 20.8 Å². The van der Waals surface area contributed by atoms with E-state index in [9.17, 15) is 9.59 Å². The first kappa shape index (κ1) is 21.2. The molecule has 2 unspecified atom stereocenters. The number of hydrogen-bond acceptors (Lipinski definition) is 4. The molecule has 1 aromatic carbocycles. The van der Waals surface area contributed by atoms with Crippen LogP contribution in [0, 0.1) is 5.92 Å². The Balaban J connectivity index is 0.00000484. The topological polar surface area (TPSA) is 93.5 Å². The van der Waals surface area contributed by atoms with Crippen LogP contribution in [0.3, 0.4) is 0 Å². The zero-order chi connectivity index (χ0) is 16.5. The van der Waals surface area contributed by atoms with Crippen LogP contribution in [0.25, 0.3) is 0 Å². The summed E-state index contributed by atoms with van der Waals surface area (Å²) in [6, 6.07) is 6.45. The Morgan fingerprint density at radius 1 is 1.22 bits per heavy atom. The van der Waals surface area contributed by atoms with Gasteiger partial charge in [-0.2, -0.15) is 0 Å². The summed E-state index contributed by atoms with van der Waals surface area (Å²) in [5.41, 5.74) is 6.44. The van der Waals surface area contributed by atoms with E-state index in [1.54, 1.807) is 24.3 Å². The summed E-state index contributed by atoms with van der Waals surface area (Å²) in [4.78, 5) is 23.6. The number of carbonyl (C=O) groups is 2. The molecule has 7 heteroatoms. The Kier molecular flexibility index (Phi) is 10.0. The Hall–Kier alpha value is -1.79. The number of halogens is 1. The van der Waals surface area contributed by atoms with E-state index in [0.717, 1.165) is 12.2 Å². The SMILES string of the molecule is CCOc1ccc(NC(=O)CNC(=O)C(N)C(C)CC)cc1.Cl. The van der Waals surface area contributed by atoms with Gasteiger partial charge in [0, 0.05) is 5.69 Å². The third-order valence-electron chi connectivity index (χ3n) is 3.43. The number of nitrogens with two attached hydrogens (primary N) is 1. The molecule has 2 atom stereocenters. The molecule has 0 fully saturated rings. The number of hydrogen-bond donors (Lipinski definition) is 3. The zero-order valence-corrected chi connectivity index (χ0v) is 14.6. The molecule has 4 N–H and O–H groups in total. The van der Waals surface area contributed by atoms with Crippen molar-refractivity contribution < 1.29 is 14.3 Å². The van der Waals surface area contributed by atoms with Crippen LogP contribution in [0.2, 0.25) is 0 Å². The lowest BCUT2D eigenvalue weighted by molar-refractivity contribution is -0.125. The van der Waals surface area contributed by atoms with Crippen LogP contribution in [0.5, 0.6) is 5.75 Å². The molecule has 23 heavy (non-hydrogen) atoms. The van der Waals surface area contributed by atoms with Crippen molar-refractivity contribution in [2.75, 3.05) is 18.5 Å². The van der Waals surface area contributed by atoms with Crippen LogP contribution in [0.15, 0.2) is 24.3 Å². The Morgan fingerprint density at radius 2 is 1.83 bits per heavy atom. The third-order valence-corrected chi connectivity index (χ3v) is 3.43. The molecule has 1 rings (SSSR count). The highest BCUT2D eigenvalue weighted by Gasteiger charge is 2.19. The largest absolute Gasteiger partial charge is 0.494 e. The average Bonchev–Trinajstić information content (AvgIpc) is 2.53. The molecule has 0 saturated heterocycles. The maximum absolute atomic E-state index is 11.8. The Morgan fingerprint density at radius 3 is 2.35 bits per heavy atom. The third kappa shape index (κ3) is 7.34. The summed E-state index contributed by atoms with van der Waals surface area (Å²) in [5.74, 6) is 0.215. The second kappa shape index (κ2) is 10.9. The van der Waals surface area contributed by atoms with E-state index in [0.29, 0.717) is 12.3 Å². The number of nitrogens with one attached hydrogen (secondary N) is 2. The Bertz CT molecular complexity index is 494. The van der Waals surface area contributed by atoms with Gasteiger partial charge in [0.15, 0.2) is 0 Å². The summed E-state index contributed by atoms with van der Waals surface area (Å²) in [6.45, 7) is 6.27. The molecule has 0 bridgehead atoms. The second-order valence-corrected chi connectivity index (χ2v) is 5.13. The zero-order valence-electron chi connectivity index (χ0n) is 13.8. The second-order valence-electron chi connectivity index (χ2n) is 5.13. The van der Waals surface area contributed by atoms with Crippen LogP contribution >= 0.6 is 12.4 Å². The molecule has 6 nitrogen and oxygen atoms in total. The number of benzene rings is 1. The van der Waals surface area contributed by atoms with Crippen LogP contribution < -0.4 is 21.1 Å². The van der Waals surface area contributed by atoms with Gasteiger partial charge in [0.1, 0.15) is 5.75 Å². The van der Waals surface area contributed by atoms with Gasteiger partial charge in [-0.3, -0.25) is 9.59 Å². The minimum absolute atomic E-state index is 0. The summed E-state index contributed by atoms with van der Waals surface area (Å²) in [6.07, 6.45) is 0.812. The van der Waals surface area contributed by atoms with Crippen molar-refractivity contribution in [2.45, 2.75) is 33.2 Å². The predicted octanol–water partition coefficient (Wildman–Crippen LogP) is 1.94. The normalized spacial score (nSPS) is 12.5. The molecule has 0 radical (unpaired) electrons. The van der Waals surface area contributed by atoms with Crippen molar-refractivity contribution in [3.63, 3.8) is 0 Å². The highest BCUT2D eigenvalue weighted by molar-refractivity contribution is 5.95. The number of carbonyl (C=O) groups excluding carboxylic acids is 2. The fourth-order valence-electron chi connectivity index (χ4n) is 1.80. The van der Waals surface area contributed by atoms with Crippen molar-refractivity contribution in [3.05, 3.63) is 24.3 Å². The summed E-state index contributed by atoms with van der Waals surface area (Å²) >= 11 is 0. The first-order chi connectivity index (χ1) is 10.5. The molecule has 0 aliphatic rings. The van der Waals surface area contributed by atoms with E-state index in [4.69, 9.17) is 10.5 Å². The van der Waals surface area contributed by atoms with E-state index >= 15 is 0 Å². The van der Waals surface area contributed by atoms with Gasteiger partial charge in [-0.1, -0.05) is 20.3 Å². The van der Waals surface area contributed by atoms with Crippen LogP contribution in [-0.2, 0) is 9.59 Å². The van der Waals surface area contributed by atoms with Crippen molar-refractivity contribution in [2.24, 2.45) is 11.7 Å². The molecular formula is C16H26ClN3O3. The summed E-state index contributed by atoms with van der Waals surface area (Å²) in [5, 5.41) is 5.25. The number of anilines is 1. The highest BCUT2D eigenvalue weighted by atomic mass is 35.5. The van der Waals surface area contributed by atoms with Gasteiger partial charge in [-0.25, -0.2) is 0 Å². The fraction of sp³-hybridized carbons (Fsp3) is 0.500. The first-order valence-corrected chi connectivity index (χ1v) is 7.53. The van der Waals surface area contributed by atoms with E-state index in [1.165, 1.54) is 0 Å². The van der Waals surface area contributed by atoms with Crippen LogP contribution in [-0.4, -0.2) is 31.0 Å². The van der Waals surface area contributed by atoms with Gasteiger partial charge >= 0.3 is 0 Å². The van der Waals surface area contributed by atoms with E-state index in [-0.39, 0.29) is 36.7 Å².